The van der Waals surface area contributed by atoms with Crippen molar-refractivity contribution < 1.29 is 14.6 Å². The molecule has 0 fully saturated rings. The molecular weight excluding hydrogens is 182 g/mol. The van der Waals surface area contributed by atoms with Gasteiger partial charge in [0.05, 0.1) is 18.4 Å². The molecule has 0 amide bonds. The van der Waals surface area contributed by atoms with Crippen molar-refractivity contribution in [1.82, 2.24) is 0 Å². The molecule has 76 valence electrons. The Morgan fingerprint density at radius 2 is 2.14 bits per heavy atom. The van der Waals surface area contributed by atoms with E-state index in [0.717, 1.165) is 5.69 Å². The molecule has 1 aromatic rings. The number of carboxylic acids is 1. The average Bonchev–Trinajstić information content (AvgIpc) is 2.16. The third-order valence-corrected chi connectivity index (χ3v) is 2.11. The molecule has 0 aliphatic carbocycles. The van der Waals surface area contributed by atoms with Gasteiger partial charge in [0.2, 0.25) is 0 Å². The molecule has 2 N–H and O–H groups in total. The summed E-state index contributed by atoms with van der Waals surface area (Å²) in [4.78, 5) is 10.8. The first kappa shape index (κ1) is 10.4. The second-order valence-corrected chi connectivity index (χ2v) is 2.87. The van der Waals surface area contributed by atoms with E-state index in [1.54, 1.807) is 26.1 Å². The molecule has 0 aliphatic rings. The molecule has 0 aromatic heterocycles. The van der Waals surface area contributed by atoms with Gasteiger partial charge in [-0.2, -0.15) is 0 Å². The molecule has 0 unspecified atom stereocenters. The molecule has 0 heterocycles. The van der Waals surface area contributed by atoms with Crippen LogP contribution in [0.25, 0.3) is 0 Å². The summed E-state index contributed by atoms with van der Waals surface area (Å²) in [6.45, 7) is 1.73. The van der Waals surface area contributed by atoms with Crippen molar-refractivity contribution in [3.8, 4) is 5.75 Å². The van der Waals surface area contributed by atoms with Crippen LogP contribution in [-0.4, -0.2) is 25.2 Å². The zero-order chi connectivity index (χ0) is 10.7. The first-order valence-corrected chi connectivity index (χ1v) is 4.20. The van der Waals surface area contributed by atoms with Crippen LogP contribution in [0.3, 0.4) is 0 Å². The van der Waals surface area contributed by atoms with E-state index in [2.05, 4.69) is 5.32 Å². The molecule has 0 saturated carbocycles. The molecule has 0 saturated heterocycles. The molecule has 0 spiro atoms. The maximum absolute atomic E-state index is 10.8. The number of aromatic carboxylic acids is 1. The quantitative estimate of drug-likeness (QED) is 0.771. The summed E-state index contributed by atoms with van der Waals surface area (Å²) in [6.07, 6.45) is 0. The Balaban J connectivity index is 3.34. The SMILES string of the molecule is CNc1ccc(C(=O)O)c(C)c1OC. The van der Waals surface area contributed by atoms with E-state index in [1.807, 2.05) is 0 Å². The van der Waals surface area contributed by atoms with Crippen LogP contribution in [-0.2, 0) is 0 Å². The third kappa shape index (κ3) is 1.64. The average molecular weight is 195 g/mol. The normalized spacial score (nSPS) is 9.64. The Hall–Kier alpha value is -1.71. The lowest BCUT2D eigenvalue weighted by Gasteiger charge is -2.12. The maximum Gasteiger partial charge on any atom is 0.336 e. The summed E-state index contributed by atoms with van der Waals surface area (Å²) in [5, 5.41) is 11.8. The van der Waals surface area contributed by atoms with Gasteiger partial charge in [-0.05, 0) is 19.1 Å². The van der Waals surface area contributed by atoms with Crippen LogP contribution in [0, 0.1) is 6.92 Å². The standard InChI is InChI=1S/C10H13NO3/c1-6-7(10(12)13)4-5-8(11-2)9(6)14-3/h4-5,11H,1-3H3,(H,12,13). The van der Waals surface area contributed by atoms with Gasteiger partial charge in [0.1, 0.15) is 5.75 Å². The summed E-state index contributed by atoms with van der Waals surface area (Å²) < 4.78 is 5.13. The van der Waals surface area contributed by atoms with Gasteiger partial charge in [-0.3, -0.25) is 0 Å². The van der Waals surface area contributed by atoms with E-state index in [0.29, 0.717) is 11.3 Å². The van der Waals surface area contributed by atoms with Crippen molar-refractivity contribution in [2.24, 2.45) is 0 Å². The van der Waals surface area contributed by atoms with E-state index in [-0.39, 0.29) is 5.56 Å². The molecule has 1 rings (SSSR count). The van der Waals surface area contributed by atoms with Crippen molar-refractivity contribution in [2.45, 2.75) is 6.92 Å². The predicted octanol–water partition coefficient (Wildman–Crippen LogP) is 1.74. The first-order valence-electron chi connectivity index (χ1n) is 4.20. The lowest BCUT2D eigenvalue weighted by atomic mass is 10.1. The van der Waals surface area contributed by atoms with Gasteiger partial charge in [0.15, 0.2) is 0 Å². The van der Waals surface area contributed by atoms with Crippen molar-refractivity contribution in [2.75, 3.05) is 19.5 Å². The molecule has 4 nitrogen and oxygen atoms in total. The minimum absolute atomic E-state index is 0.265. The number of nitrogens with one attached hydrogen (secondary N) is 1. The third-order valence-electron chi connectivity index (χ3n) is 2.11. The number of ether oxygens (including phenoxy) is 1. The number of anilines is 1. The number of carbonyl (C=O) groups is 1. The highest BCUT2D eigenvalue weighted by Crippen LogP contribution is 2.30. The van der Waals surface area contributed by atoms with Crippen LogP contribution >= 0.6 is 0 Å². The van der Waals surface area contributed by atoms with Gasteiger partial charge in [-0.25, -0.2) is 4.79 Å². The molecule has 1 aromatic carbocycles. The lowest BCUT2D eigenvalue weighted by molar-refractivity contribution is 0.0695. The van der Waals surface area contributed by atoms with Crippen molar-refractivity contribution in [3.05, 3.63) is 23.3 Å². The zero-order valence-electron chi connectivity index (χ0n) is 8.42. The molecule has 0 atom stereocenters. The van der Waals surface area contributed by atoms with E-state index in [9.17, 15) is 4.79 Å². The Morgan fingerprint density at radius 3 is 2.57 bits per heavy atom. The second-order valence-electron chi connectivity index (χ2n) is 2.87. The second kappa shape index (κ2) is 4.00. The predicted molar refractivity (Wildman–Crippen MR) is 54.2 cm³/mol. The lowest BCUT2D eigenvalue weighted by Crippen LogP contribution is -2.03. The van der Waals surface area contributed by atoms with E-state index in [4.69, 9.17) is 9.84 Å². The highest BCUT2D eigenvalue weighted by Gasteiger charge is 2.13. The van der Waals surface area contributed by atoms with Crippen LogP contribution < -0.4 is 10.1 Å². The van der Waals surface area contributed by atoms with Crippen LogP contribution in [0.1, 0.15) is 15.9 Å². The summed E-state index contributed by atoms with van der Waals surface area (Å²) in [5.74, 6) is -0.365. The minimum atomic E-state index is -0.941. The number of hydrogen-bond acceptors (Lipinski definition) is 3. The monoisotopic (exact) mass is 195 g/mol. The van der Waals surface area contributed by atoms with Gasteiger partial charge < -0.3 is 15.2 Å². The molecule has 0 radical (unpaired) electrons. The van der Waals surface area contributed by atoms with Gasteiger partial charge in [-0.15, -0.1) is 0 Å². The highest BCUT2D eigenvalue weighted by molar-refractivity contribution is 5.91. The van der Waals surface area contributed by atoms with E-state index in [1.165, 1.54) is 7.11 Å². The van der Waals surface area contributed by atoms with Gasteiger partial charge in [-0.1, -0.05) is 0 Å². The van der Waals surface area contributed by atoms with Gasteiger partial charge >= 0.3 is 5.97 Å². The minimum Gasteiger partial charge on any atom is -0.494 e. The first-order chi connectivity index (χ1) is 6.61. The van der Waals surface area contributed by atoms with Crippen LogP contribution in [0.4, 0.5) is 5.69 Å². The molecule has 14 heavy (non-hydrogen) atoms. The van der Waals surface area contributed by atoms with Gasteiger partial charge in [0.25, 0.3) is 0 Å². The molecule has 0 aliphatic heterocycles. The summed E-state index contributed by atoms with van der Waals surface area (Å²) in [5.41, 5.74) is 1.68. The van der Waals surface area contributed by atoms with E-state index < -0.39 is 5.97 Å². The fourth-order valence-corrected chi connectivity index (χ4v) is 1.38. The van der Waals surface area contributed by atoms with Crippen LogP contribution in [0.2, 0.25) is 0 Å². The van der Waals surface area contributed by atoms with Crippen molar-refractivity contribution in [3.63, 3.8) is 0 Å². The summed E-state index contributed by atoms with van der Waals surface area (Å²) in [6, 6.07) is 3.25. The molecular formula is C10H13NO3. The summed E-state index contributed by atoms with van der Waals surface area (Å²) >= 11 is 0. The number of rotatable bonds is 3. The Bertz CT molecular complexity index is 361. The largest absolute Gasteiger partial charge is 0.494 e. The molecule has 0 bridgehead atoms. The van der Waals surface area contributed by atoms with Crippen molar-refractivity contribution >= 4 is 11.7 Å². The number of methoxy groups -OCH3 is 1. The fourth-order valence-electron chi connectivity index (χ4n) is 1.38. The Labute approximate surface area is 82.5 Å². The number of benzene rings is 1. The molecule has 4 heteroatoms. The fraction of sp³-hybridized carbons (Fsp3) is 0.300. The van der Waals surface area contributed by atoms with Gasteiger partial charge in [0, 0.05) is 12.6 Å². The number of hydrogen-bond donors (Lipinski definition) is 2. The van der Waals surface area contributed by atoms with Crippen LogP contribution in [0.5, 0.6) is 5.75 Å². The maximum atomic E-state index is 10.8. The highest BCUT2D eigenvalue weighted by atomic mass is 16.5. The van der Waals surface area contributed by atoms with E-state index >= 15 is 0 Å². The Morgan fingerprint density at radius 1 is 1.50 bits per heavy atom. The van der Waals surface area contributed by atoms with Crippen molar-refractivity contribution in [1.29, 1.82) is 0 Å². The topological polar surface area (TPSA) is 58.6 Å². The zero-order valence-corrected chi connectivity index (χ0v) is 8.42. The smallest absolute Gasteiger partial charge is 0.336 e. The number of carboxylic acid groups (broad SMARTS) is 1. The summed E-state index contributed by atoms with van der Waals surface area (Å²) in [7, 11) is 3.28. The van der Waals surface area contributed by atoms with Crippen LogP contribution in [0.15, 0.2) is 12.1 Å². The Kier molecular flexibility index (Phi) is 2.96.